The summed E-state index contributed by atoms with van der Waals surface area (Å²) in [5, 5.41) is 11.9. The molecule has 19 heavy (non-hydrogen) atoms. The van der Waals surface area contributed by atoms with Gasteiger partial charge in [-0.15, -0.1) is 0 Å². The lowest BCUT2D eigenvalue weighted by Crippen LogP contribution is -2.29. The first kappa shape index (κ1) is 14.3. The third-order valence-electron chi connectivity index (χ3n) is 3.15. The van der Waals surface area contributed by atoms with Crippen LogP contribution in [0.3, 0.4) is 0 Å². The Morgan fingerprint density at radius 1 is 1.42 bits per heavy atom. The van der Waals surface area contributed by atoms with E-state index < -0.39 is 21.8 Å². The highest BCUT2D eigenvalue weighted by molar-refractivity contribution is 7.91. The number of nitrogens with one attached hydrogen (secondary N) is 1. The van der Waals surface area contributed by atoms with E-state index in [1.807, 2.05) is 0 Å². The fraction of sp³-hybridized carbons (Fsp3) is 0.417. The maximum Gasteiger partial charge on any atom is 0.320 e. The summed E-state index contributed by atoms with van der Waals surface area (Å²) in [5.41, 5.74) is 0. The van der Waals surface area contributed by atoms with Crippen molar-refractivity contribution in [3.8, 4) is 0 Å². The van der Waals surface area contributed by atoms with E-state index in [0.717, 1.165) is 0 Å². The van der Waals surface area contributed by atoms with Gasteiger partial charge in [-0.25, -0.2) is 8.42 Å². The van der Waals surface area contributed by atoms with Crippen molar-refractivity contribution in [1.82, 2.24) is 5.32 Å². The summed E-state index contributed by atoms with van der Waals surface area (Å²) < 4.78 is 24.5. The zero-order valence-electron chi connectivity index (χ0n) is 10.0. The summed E-state index contributed by atoms with van der Waals surface area (Å²) >= 11 is 5.88. The highest BCUT2D eigenvalue weighted by atomic mass is 35.5. The molecule has 0 aromatic heterocycles. The molecule has 0 amide bonds. The van der Waals surface area contributed by atoms with Gasteiger partial charge in [0.25, 0.3) is 0 Å². The quantitative estimate of drug-likeness (QED) is 0.872. The largest absolute Gasteiger partial charge is 0.480 e. The predicted molar refractivity (Wildman–Crippen MR) is 71.0 cm³/mol. The van der Waals surface area contributed by atoms with Crippen molar-refractivity contribution in [1.29, 1.82) is 0 Å². The third kappa shape index (κ3) is 3.26. The predicted octanol–water partition coefficient (Wildman–Crippen LogP) is 1.18. The molecule has 0 saturated carbocycles. The van der Waals surface area contributed by atoms with Gasteiger partial charge in [0.1, 0.15) is 6.04 Å². The molecule has 104 valence electrons. The standard InChI is InChI=1S/C12H14ClNO4S/c13-9-3-1-2-4-11(9)19(17,18)7-8-5-10(12(15)16)14-6-8/h1-4,8,10,14H,5-7H2,(H,15,16)/t8-,10+/m1/s1. The molecule has 0 unspecified atom stereocenters. The number of rotatable bonds is 4. The number of halogens is 1. The molecule has 7 heteroatoms. The number of carbonyl (C=O) groups is 1. The fourth-order valence-electron chi connectivity index (χ4n) is 2.22. The molecular formula is C12H14ClNO4S. The molecule has 0 aliphatic carbocycles. The van der Waals surface area contributed by atoms with E-state index in [4.69, 9.17) is 16.7 Å². The zero-order chi connectivity index (χ0) is 14.0. The highest BCUT2D eigenvalue weighted by Crippen LogP contribution is 2.25. The number of aliphatic carboxylic acids is 1. The summed E-state index contributed by atoms with van der Waals surface area (Å²) in [6, 6.07) is 5.62. The Morgan fingerprint density at radius 3 is 2.68 bits per heavy atom. The van der Waals surface area contributed by atoms with Crippen molar-refractivity contribution in [3.63, 3.8) is 0 Å². The molecule has 2 N–H and O–H groups in total. The van der Waals surface area contributed by atoms with Gasteiger partial charge in [-0.3, -0.25) is 4.79 Å². The first-order chi connectivity index (χ1) is 8.90. The molecule has 1 heterocycles. The van der Waals surface area contributed by atoms with Gasteiger partial charge < -0.3 is 10.4 Å². The average Bonchev–Trinajstić information content (AvgIpc) is 2.77. The van der Waals surface area contributed by atoms with Gasteiger partial charge in [-0.2, -0.15) is 0 Å². The maximum atomic E-state index is 12.2. The Bertz CT molecular complexity index is 587. The highest BCUT2D eigenvalue weighted by Gasteiger charge is 2.33. The monoisotopic (exact) mass is 303 g/mol. The van der Waals surface area contributed by atoms with Crippen molar-refractivity contribution in [2.24, 2.45) is 5.92 Å². The van der Waals surface area contributed by atoms with E-state index in [1.165, 1.54) is 12.1 Å². The Balaban J connectivity index is 2.11. The lowest BCUT2D eigenvalue weighted by molar-refractivity contribution is -0.139. The van der Waals surface area contributed by atoms with Crippen LogP contribution >= 0.6 is 11.6 Å². The normalized spacial score (nSPS) is 23.4. The van der Waals surface area contributed by atoms with Gasteiger partial charge in [0.05, 0.1) is 15.7 Å². The third-order valence-corrected chi connectivity index (χ3v) is 5.52. The van der Waals surface area contributed by atoms with Crippen LogP contribution in [-0.4, -0.2) is 37.8 Å². The Hall–Kier alpha value is -1.11. The molecule has 1 saturated heterocycles. The first-order valence-corrected chi connectivity index (χ1v) is 7.86. The van der Waals surface area contributed by atoms with E-state index in [-0.39, 0.29) is 21.6 Å². The number of sulfone groups is 1. The SMILES string of the molecule is O=C(O)[C@@H]1C[C@@H](CS(=O)(=O)c2ccccc2Cl)CN1. The number of benzene rings is 1. The van der Waals surface area contributed by atoms with E-state index >= 15 is 0 Å². The van der Waals surface area contributed by atoms with Crippen molar-refractivity contribution in [2.45, 2.75) is 17.4 Å². The second kappa shape index (κ2) is 5.48. The second-order valence-corrected chi connectivity index (χ2v) is 7.02. The van der Waals surface area contributed by atoms with Crippen molar-refractivity contribution in [3.05, 3.63) is 29.3 Å². The van der Waals surface area contributed by atoms with Crippen molar-refractivity contribution < 1.29 is 18.3 Å². The summed E-state index contributed by atoms with van der Waals surface area (Å²) in [6.07, 6.45) is 0.318. The Morgan fingerprint density at radius 2 is 2.11 bits per heavy atom. The lowest BCUT2D eigenvalue weighted by Gasteiger charge is -2.10. The van der Waals surface area contributed by atoms with Gasteiger partial charge in [0, 0.05) is 0 Å². The molecular weight excluding hydrogens is 290 g/mol. The van der Waals surface area contributed by atoms with E-state index in [0.29, 0.717) is 13.0 Å². The Kier molecular flexibility index (Phi) is 4.13. The topological polar surface area (TPSA) is 83.5 Å². The van der Waals surface area contributed by atoms with Crippen LogP contribution in [0.1, 0.15) is 6.42 Å². The number of hydrogen-bond acceptors (Lipinski definition) is 4. The average molecular weight is 304 g/mol. The summed E-state index contributed by atoms with van der Waals surface area (Å²) in [4.78, 5) is 10.9. The molecule has 1 aliphatic heterocycles. The van der Waals surface area contributed by atoms with Crippen molar-refractivity contribution in [2.75, 3.05) is 12.3 Å². The minimum Gasteiger partial charge on any atom is -0.480 e. The molecule has 5 nitrogen and oxygen atoms in total. The van der Waals surface area contributed by atoms with E-state index in [9.17, 15) is 13.2 Å². The molecule has 1 aromatic rings. The minimum absolute atomic E-state index is 0.0898. The first-order valence-electron chi connectivity index (χ1n) is 5.83. The van der Waals surface area contributed by atoms with Gasteiger partial charge in [-0.1, -0.05) is 23.7 Å². The van der Waals surface area contributed by atoms with Crippen LogP contribution in [-0.2, 0) is 14.6 Å². The summed E-state index contributed by atoms with van der Waals surface area (Å²) in [5.74, 6) is -1.24. The maximum absolute atomic E-state index is 12.2. The van der Waals surface area contributed by atoms with Crippen LogP contribution in [0.2, 0.25) is 5.02 Å². The summed E-state index contributed by atoms with van der Waals surface area (Å²) in [7, 11) is -3.49. The molecule has 0 spiro atoms. The van der Waals surface area contributed by atoms with Crippen LogP contribution in [0.4, 0.5) is 0 Å². The number of hydrogen-bond donors (Lipinski definition) is 2. The molecule has 2 rings (SSSR count). The van der Waals surface area contributed by atoms with Crippen molar-refractivity contribution >= 4 is 27.4 Å². The van der Waals surface area contributed by atoms with Crippen LogP contribution in [0.15, 0.2) is 29.2 Å². The summed E-state index contributed by atoms with van der Waals surface area (Å²) in [6.45, 7) is 0.390. The van der Waals surface area contributed by atoms with Crippen LogP contribution in [0.25, 0.3) is 0 Å². The molecule has 2 atom stereocenters. The molecule has 1 fully saturated rings. The second-order valence-electron chi connectivity index (χ2n) is 4.61. The zero-order valence-corrected chi connectivity index (χ0v) is 11.6. The minimum atomic E-state index is -3.49. The number of carboxylic acid groups (broad SMARTS) is 1. The van der Waals surface area contributed by atoms with Gasteiger partial charge in [0.15, 0.2) is 9.84 Å². The Labute approximate surface area is 116 Å². The number of carboxylic acids is 1. The van der Waals surface area contributed by atoms with E-state index in [1.54, 1.807) is 12.1 Å². The van der Waals surface area contributed by atoms with E-state index in [2.05, 4.69) is 5.32 Å². The molecule has 1 aliphatic rings. The fourth-order valence-corrected chi connectivity index (χ4v) is 4.41. The van der Waals surface area contributed by atoms with Crippen LogP contribution < -0.4 is 5.32 Å². The smallest absolute Gasteiger partial charge is 0.320 e. The van der Waals surface area contributed by atoms with Crippen LogP contribution in [0, 0.1) is 5.92 Å². The molecule has 0 bridgehead atoms. The van der Waals surface area contributed by atoms with Gasteiger partial charge >= 0.3 is 5.97 Å². The lowest BCUT2D eigenvalue weighted by atomic mass is 10.1. The molecule has 1 aromatic carbocycles. The molecule has 0 radical (unpaired) electrons. The van der Waals surface area contributed by atoms with Gasteiger partial charge in [-0.05, 0) is 31.0 Å². The van der Waals surface area contributed by atoms with Crippen LogP contribution in [0.5, 0.6) is 0 Å². The van der Waals surface area contributed by atoms with Gasteiger partial charge in [0.2, 0.25) is 0 Å².